The van der Waals surface area contributed by atoms with Gasteiger partial charge in [-0.25, -0.2) is 4.39 Å². The zero-order valence-electron chi connectivity index (χ0n) is 11.7. The summed E-state index contributed by atoms with van der Waals surface area (Å²) in [6, 6.07) is 8.69. The third-order valence-electron chi connectivity index (χ3n) is 3.21. The number of phenols is 1. The van der Waals surface area contributed by atoms with Crippen molar-refractivity contribution < 1.29 is 14.3 Å². The van der Waals surface area contributed by atoms with Crippen molar-refractivity contribution in [3.05, 3.63) is 58.4 Å². The van der Waals surface area contributed by atoms with E-state index in [1.807, 2.05) is 13.8 Å². The van der Waals surface area contributed by atoms with Gasteiger partial charge in [0.2, 0.25) is 0 Å². The highest BCUT2D eigenvalue weighted by atomic mass is 35.5. The number of halogens is 2. The molecule has 2 aromatic carbocycles. The Morgan fingerprint density at radius 2 is 2.00 bits per heavy atom. The number of hydrogen-bond donors (Lipinski definition) is 1. The van der Waals surface area contributed by atoms with Crippen LogP contribution in [0.5, 0.6) is 5.75 Å². The fraction of sp³-hybridized carbons (Fsp3) is 0.188. The predicted octanol–water partition coefficient (Wildman–Crippen LogP) is 4.16. The lowest BCUT2D eigenvalue weighted by molar-refractivity contribution is 0.0988. The number of benzene rings is 2. The summed E-state index contributed by atoms with van der Waals surface area (Å²) in [5.74, 6) is -0.781. The standard InChI is InChI=1S/C16H15ClFNO2/c1-3-19(15-9-12(20)6-4-10(15)2)16(21)11-5-7-14(18)13(17)8-11/h4-9,20H,3H2,1-2H3. The SMILES string of the molecule is CCN(C(=O)c1ccc(F)c(Cl)c1)c1cc(O)ccc1C. The Kier molecular flexibility index (Phi) is 4.48. The number of amides is 1. The molecule has 0 unspecified atom stereocenters. The first kappa shape index (κ1) is 15.3. The highest BCUT2D eigenvalue weighted by Crippen LogP contribution is 2.27. The minimum atomic E-state index is -0.565. The quantitative estimate of drug-likeness (QED) is 0.925. The summed E-state index contributed by atoms with van der Waals surface area (Å²) in [6.45, 7) is 4.09. The third kappa shape index (κ3) is 3.16. The van der Waals surface area contributed by atoms with Crippen LogP contribution in [-0.4, -0.2) is 17.6 Å². The Balaban J connectivity index is 2.43. The van der Waals surface area contributed by atoms with E-state index in [1.54, 1.807) is 12.1 Å². The zero-order valence-corrected chi connectivity index (χ0v) is 12.5. The minimum absolute atomic E-state index is 0.0824. The number of aromatic hydroxyl groups is 1. The van der Waals surface area contributed by atoms with Crippen molar-refractivity contribution in [2.24, 2.45) is 0 Å². The fourth-order valence-electron chi connectivity index (χ4n) is 2.10. The maximum Gasteiger partial charge on any atom is 0.258 e. The van der Waals surface area contributed by atoms with E-state index in [9.17, 15) is 14.3 Å². The number of aryl methyl sites for hydroxylation is 1. The first-order valence-electron chi connectivity index (χ1n) is 6.50. The Morgan fingerprint density at radius 3 is 2.62 bits per heavy atom. The van der Waals surface area contributed by atoms with Crippen LogP contribution in [0.15, 0.2) is 36.4 Å². The van der Waals surface area contributed by atoms with Crippen molar-refractivity contribution >= 4 is 23.2 Å². The molecule has 0 aliphatic carbocycles. The van der Waals surface area contributed by atoms with Crippen molar-refractivity contribution in [3.8, 4) is 5.75 Å². The molecule has 0 fully saturated rings. The van der Waals surface area contributed by atoms with Crippen LogP contribution in [0, 0.1) is 12.7 Å². The third-order valence-corrected chi connectivity index (χ3v) is 3.50. The normalized spacial score (nSPS) is 10.5. The predicted molar refractivity (Wildman–Crippen MR) is 81.6 cm³/mol. The Bertz CT molecular complexity index is 688. The van der Waals surface area contributed by atoms with Gasteiger partial charge in [0.05, 0.1) is 10.7 Å². The van der Waals surface area contributed by atoms with Crippen molar-refractivity contribution in [2.45, 2.75) is 13.8 Å². The maximum atomic E-state index is 13.2. The van der Waals surface area contributed by atoms with E-state index in [0.29, 0.717) is 17.8 Å². The van der Waals surface area contributed by atoms with Crippen LogP contribution in [0.4, 0.5) is 10.1 Å². The first-order chi connectivity index (χ1) is 9.93. The summed E-state index contributed by atoms with van der Waals surface area (Å²) in [5, 5.41) is 9.51. The minimum Gasteiger partial charge on any atom is -0.508 e. The Morgan fingerprint density at radius 1 is 1.29 bits per heavy atom. The van der Waals surface area contributed by atoms with Crippen LogP contribution in [0.2, 0.25) is 5.02 Å². The van der Waals surface area contributed by atoms with Crippen molar-refractivity contribution in [2.75, 3.05) is 11.4 Å². The Labute approximate surface area is 127 Å². The molecule has 3 nitrogen and oxygen atoms in total. The molecule has 0 radical (unpaired) electrons. The average molecular weight is 308 g/mol. The van der Waals surface area contributed by atoms with E-state index in [1.165, 1.54) is 29.2 Å². The monoisotopic (exact) mass is 307 g/mol. The molecule has 1 amide bonds. The molecule has 2 rings (SSSR count). The molecule has 2 aromatic rings. The molecular formula is C16H15ClFNO2. The highest BCUT2D eigenvalue weighted by Gasteiger charge is 2.19. The molecule has 0 aliphatic heterocycles. The lowest BCUT2D eigenvalue weighted by atomic mass is 10.1. The molecule has 0 atom stereocenters. The van der Waals surface area contributed by atoms with Gasteiger partial charge in [0.25, 0.3) is 5.91 Å². The van der Waals surface area contributed by atoms with Gasteiger partial charge in [-0.3, -0.25) is 4.79 Å². The number of nitrogens with zero attached hydrogens (tertiary/aromatic N) is 1. The molecule has 110 valence electrons. The summed E-state index contributed by atoms with van der Waals surface area (Å²) >= 11 is 5.72. The number of carbonyl (C=O) groups excluding carboxylic acids is 1. The van der Waals surface area contributed by atoms with Crippen molar-refractivity contribution in [3.63, 3.8) is 0 Å². The lowest BCUT2D eigenvalue weighted by Gasteiger charge is -2.23. The highest BCUT2D eigenvalue weighted by molar-refractivity contribution is 6.31. The van der Waals surface area contributed by atoms with E-state index in [4.69, 9.17) is 11.6 Å². The number of hydrogen-bond acceptors (Lipinski definition) is 2. The lowest BCUT2D eigenvalue weighted by Crippen LogP contribution is -2.31. The van der Waals surface area contributed by atoms with Gasteiger partial charge in [-0.2, -0.15) is 0 Å². The van der Waals surface area contributed by atoms with Gasteiger partial charge < -0.3 is 10.0 Å². The fourth-order valence-corrected chi connectivity index (χ4v) is 2.28. The number of anilines is 1. The van der Waals surface area contributed by atoms with Gasteiger partial charge in [0.15, 0.2) is 0 Å². The van der Waals surface area contributed by atoms with Gasteiger partial charge in [0, 0.05) is 18.2 Å². The van der Waals surface area contributed by atoms with Crippen molar-refractivity contribution in [1.82, 2.24) is 0 Å². The second kappa shape index (κ2) is 6.14. The van der Waals surface area contributed by atoms with Gasteiger partial charge in [-0.05, 0) is 43.7 Å². The molecule has 0 spiro atoms. The molecule has 0 saturated heterocycles. The Hall–Kier alpha value is -2.07. The molecule has 21 heavy (non-hydrogen) atoms. The van der Waals surface area contributed by atoms with Gasteiger partial charge in [0.1, 0.15) is 11.6 Å². The van der Waals surface area contributed by atoms with Gasteiger partial charge >= 0.3 is 0 Å². The summed E-state index contributed by atoms with van der Waals surface area (Å²) < 4.78 is 13.2. The molecule has 5 heteroatoms. The number of carbonyl (C=O) groups is 1. The second-order valence-electron chi connectivity index (χ2n) is 4.65. The second-order valence-corrected chi connectivity index (χ2v) is 5.06. The largest absolute Gasteiger partial charge is 0.508 e. The van der Waals surface area contributed by atoms with E-state index in [2.05, 4.69) is 0 Å². The maximum absolute atomic E-state index is 13.2. The van der Waals surface area contributed by atoms with Gasteiger partial charge in [-0.1, -0.05) is 17.7 Å². The summed E-state index contributed by atoms with van der Waals surface area (Å²) in [4.78, 5) is 14.1. The molecular weight excluding hydrogens is 293 g/mol. The summed E-state index contributed by atoms with van der Waals surface area (Å²) in [6.07, 6.45) is 0. The zero-order chi connectivity index (χ0) is 15.6. The van der Waals surface area contributed by atoms with Crippen LogP contribution in [0.3, 0.4) is 0 Å². The van der Waals surface area contributed by atoms with Crippen LogP contribution in [0.1, 0.15) is 22.8 Å². The molecule has 0 saturated carbocycles. The van der Waals surface area contributed by atoms with Crippen molar-refractivity contribution in [1.29, 1.82) is 0 Å². The number of rotatable bonds is 3. The average Bonchev–Trinajstić information content (AvgIpc) is 2.46. The first-order valence-corrected chi connectivity index (χ1v) is 6.88. The number of phenolic OH excluding ortho intramolecular Hbond substituents is 1. The van der Waals surface area contributed by atoms with Crippen LogP contribution in [0.25, 0.3) is 0 Å². The molecule has 0 aromatic heterocycles. The molecule has 0 heterocycles. The van der Waals surface area contributed by atoms with E-state index < -0.39 is 5.82 Å². The van der Waals surface area contributed by atoms with E-state index in [0.717, 1.165) is 5.56 Å². The molecule has 0 bridgehead atoms. The molecule has 1 N–H and O–H groups in total. The van der Waals surface area contributed by atoms with E-state index >= 15 is 0 Å². The van der Waals surface area contributed by atoms with E-state index in [-0.39, 0.29) is 16.7 Å². The smallest absolute Gasteiger partial charge is 0.258 e. The topological polar surface area (TPSA) is 40.5 Å². The van der Waals surface area contributed by atoms with Crippen LogP contribution in [-0.2, 0) is 0 Å². The van der Waals surface area contributed by atoms with Crippen LogP contribution < -0.4 is 4.90 Å². The summed E-state index contributed by atoms with van der Waals surface area (Å²) in [5.41, 5.74) is 1.77. The van der Waals surface area contributed by atoms with Crippen LogP contribution >= 0.6 is 11.6 Å². The molecule has 0 aliphatic rings. The summed E-state index contributed by atoms with van der Waals surface area (Å²) in [7, 11) is 0. The van der Waals surface area contributed by atoms with Gasteiger partial charge in [-0.15, -0.1) is 0 Å².